The first kappa shape index (κ1) is 23.6. The van der Waals surface area contributed by atoms with Crippen LogP contribution in [0.15, 0.2) is 9.70 Å². The fourth-order valence-corrected chi connectivity index (χ4v) is 5.56. The number of hydrogen-bond donors (Lipinski definition) is 0. The minimum Gasteiger partial charge on any atom is -0.357 e. The predicted molar refractivity (Wildman–Crippen MR) is 131 cm³/mol. The van der Waals surface area contributed by atoms with Crippen LogP contribution in [0.4, 0.5) is 5.82 Å². The number of carbonyl (C=O) groups excluding carboxylic acids is 1. The summed E-state index contributed by atoms with van der Waals surface area (Å²) in [7, 11) is 0. The highest BCUT2D eigenvalue weighted by molar-refractivity contribution is 8.26. The second-order valence-electron chi connectivity index (χ2n) is 7.99. The van der Waals surface area contributed by atoms with Crippen molar-refractivity contribution in [3.63, 3.8) is 0 Å². The number of aromatic nitrogens is 1. The van der Waals surface area contributed by atoms with Crippen molar-refractivity contribution in [2.45, 2.75) is 65.8 Å². The molecule has 2 aliphatic rings. The van der Waals surface area contributed by atoms with Gasteiger partial charge in [0.05, 0.1) is 4.91 Å². The van der Waals surface area contributed by atoms with Crippen molar-refractivity contribution in [3.8, 4) is 6.07 Å². The molecule has 0 saturated carbocycles. The topological polar surface area (TPSA) is 69.3 Å². The van der Waals surface area contributed by atoms with Crippen molar-refractivity contribution in [2.75, 3.05) is 24.5 Å². The number of pyridine rings is 1. The van der Waals surface area contributed by atoms with E-state index in [0.717, 1.165) is 50.2 Å². The van der Waals surface area contributed by atoms with E-state index in [1.165, 1.54) is 24.6 Å². The zero-order valence-corrected chi connectivity index (χ0v) is 20.2. The molecule has 2 saturated heterocycles. The fourth-order valence-electron chi connectivity index (χ4n) is 4.19. The third-order valence-electron chi connectivity index (χ3n) is 5.95. The summed E-state index contributed by atoms with van der Waals surface area (Å²) >= 11 is 6.67. The minimum atomic E-state index is -0.231. The van der Waals surface area contributed by atoms with Gasteiger partial charge in [0.2, 0.25) is 0 Å². The van der Waals surface area contributed by atoms with Gasteiger partial charge in [-0.2, -0.15) is 5.26 Å². The van der Waals surface area contributed by atoms with Gasteiger partial charge < -0.3 is 4.90 Å². The molecule has 0 aromatic carbocycles. The third kappa shape index (κ3) is 4.73. The molecule has 0 aliphatic carbocycles. The molecule has 1 aromatic heterocycles. The van der Waals surface area contributed by atoms with E-state index in [1.807, 2.05) is 19.9 Å². The van der Waals surface area contributed by atoms with Gasteiger partial charge in [-0.3, -0.25) is 19.1 Å². The Hall–Kier alpha value is -2.11. The van der Waals surface area contributed by atoms with Gasteiger partial charge in [-0.25, -0.2) is 0 Å². The molecule has 166 valence electrons. The summed E-state index contributed by atoms with van der Waals surface area (Å²) in [5, 5.41) is 9.76. The smallest absolute Gasteiger partial charge is 0.270 e. The molecule has 3 rings (SSSR count). The van der Waals surface area contributed by atoms with Crippen LogP contribution in [-0.2, 0) is 11.3 Å². The molecular weight excluding hydrogens is 428 g/mol. The van der Waals surface area contributed by atoms with Gasteiger partial charge in [0.15, 0.2) is 0 Å². The molecule has 31 heavy (non-hydrogen) atoms. The summed E-state index contributed by atoms with van der Waals surface area (Å²) in [5.41, 5.74) is 1.37. The molecule has 1 amide bonds. The van der Waals surface area contributed by atoms with Crippen molar-refractivity contribution < 1.29 is 4.79 Å². The largest absolute Gasteiger partial charge is 0.357 e. The first-order chi connectivity index (χ1) is 14.9. The van der Waals surface area contributed by atoms with Gasteiger partial charge >= 0.3 is 0 Å². The molecule has 1 aromatic rings. The number of likely N-dealkylation sites (N-methyl/N-ethyl adjacent to an activating group) is 1. The Morgan fingerprint density at radius 2 is 1.84 bits per heavy atom. The Morgan fingerprint density at radius 1 is 1.16 bits per heavy atom. The lowest BCUT2D eigenvalue weighted by molar-refractivity contribution is -0.121. The Labute approximate surface area is 193 Å². The molecule has 0 N–H and O–H groups in total. The maximum absolute atomic E-state index is 13.3. The van der Waals surface area contributed by atoms with Crippen LogP contribution in [-0.4, -0.2) is 39.3 Å². The van der Waals surface area contributed by atoms with Crippen LogP contribution in [0.3, 0.4) is 0 Å². The van der Waals surface area contributed by atoms with E-state index in [0.29, 0.717) is 27.9 Å². The summed E-state index contributed by atoms with van der Waals surface area (Å²) in [6.45, 7) is 8.64. The molecular formula is C23H30N4O2S2. The first-order valence-corrected chi connectivity index (χ1v) is 12.3. The zero-order valence-electron chi connectivity index (χ0n) is 18.6. The maximum atomic E-state index is 13.3. The van der Waals surface area contributed by atoms with Gasteiger partial charge in [0.1, 0.15) is 21.8 Å². The molecule has 6 nitrogen and oxygen atoms in total. The highest BCUT2D eigenvalue weighted by Gasteiger charge is 2.32. The van der Waals surface area contributed by atoms with Crippen molar-refractivity contribution in [1.29, 1.82) is 5.26 Å². The van der Waals surface area contributed by atoms with Crippen LogP contribution in [0, 0.1) is 18.3 Å². The van der Waals surface area contributed by atoms with E-state index in [4.69, 9.17) is 12.2 Å². The molecule has 0 radical (unpaired) electrons. The Balaban J connectivity index is 2.26. The lowest BCUT2D eigenvalue weighted by atomic mass is 10.0. The highest BCUT2D eigenvalue weighted by Crippen LogP contribution is 2.36. The van der Waals surface area contributed by atoms with Gasteiger partial charge in [0, 0.05) is 31.7 Å². The second-order valence-corrected chi connectivity index (χ2v) is 9.66. The molecule has 2 aliphatic heterocycles. The minimum absolute atomic E-state index is 0.108. The van der Waals surface area contributed by atoms with E-state index in [9.17, 15) is 14.9 Å². The molecule has 3 heterocycles. The quantitative estimate of drug-likeness (QED) is 0.464. The summed E-state index contributed by atoms with van der Waals surface area (Å²) in [4.78, 5) is 30.6. The van der Waals surface area contributed by atoms with E-state index < -0.39 is 0 Å². The number of carbonyl (C=O) groups is 1. The number of amides is 1. The van der Waals surface area contributed by atoms with E-state index >= 15 is 0 Å². The van der Waals surface area contributed by atoms with E-state index in [-0.39, 0.29) is 17.0 Å². The molecule has 0 spiro atoms. The molecule has 0 bridgehead atoms. The number of rotatable bonds is 6. The van der Waals surface area contributed by atoms with Crippen LogP contribution < -0.4 is 10.5 Å². The predicted octanol–water partition coefficient (Wildman–Crippen LogP) is 4.43. The van der Waals surface area contributed by atoms with Crippen molar-refractivity contribution >= 4 is 46.1 Å². The zero-order chi connectivity index (χ0) is 22.5. The van der Waals surface area contributed by atoms with E-state index in [2.05, 4.69) is 17.9 Å². The number of hydrogen-bond acceptors (Lipinski definition) is 6. The summed E-state index contributed by atoms with van der Waals surface area (Å²) < 4.78 is 2.32. The lowest BCUT2D eigenvalue weighted by Gasteiger charge is -2.29. The van der Waals surface area contributed by atoms with Crippen molar-refractivity contribution in [1.82, 2.24) is 9.47 Å². The number of unbranched alkanes of at least 4 members (excludes halogenated alkanes) is 1. The highest BCUT2D eigenvalue weighted by atomic mass is 32.2. The van der Waals surface area contributed by atoms with E-state index in [1.54, 1.807) is 9.47 Å². The summed E-state index contributed by atoms with van der Waals surface area (Å²) in [6, 6.07) is 2.12. The van der Waals surface area contributed by atoms with Crippen LogP contribution in [0.2, 0.25) is 0 Å². The lowest BCUT2D eigenvalue weighted by Crippen LogP contribution is -2.35. The monoisotopic (exact) mass is 458 g/mol. The third-order valence-corrected chi connectivity index (χ3v) is 7.33. The van der Waals surface area contributed by atoms with Gasteiger partial charge in [-0.15, -0.1) is 0 Å². The normalized spacial score (nSPS) is 18.6. The Kier molecular flexibility index (Phi) is 7.95. The number of nitrogens with zero attached hydrogens (tertiary/aromatic N) is 4. The maximum Gasteiger partial charge on any atom is 0.270 e. The van der Waals surface area contributed by atoms with Crippen LogP contribution >= 0.6 is 24.0 Å². The molecule has 0 atom stereocenters. The SMILES string of the molecule is CCCCn1c(N2CCCCCC2)c(C=C2SC(=S)N(CC)C2=O)c(C)c(C#N)c1=O. The van der Waals surface area contributed by atoms with Crippen LogP contribution in [0.25, 0.3) is 6.08 Å². The van der Waals surface area contributed by atoms with Crippen molar-refractivity contribution in [3.05, 3.63) is 31.9 Å². The molecule has 2 fully saturated rings. The van der Waals surface area contributed by atoms with Crippen molar-refractivity contribution in [2.24, 2.45) is 0 Å². The van der Waals surface area contributed by atoms with Gasteiger partial charge in [-0.05, 0) is 44.7 Å². The summed E-state index contributed by atoms with van der Waals surface area (Å²) in [5.74, 6) is 0.738. The number of thioether (sulfide) groups is 1. The van der Waals surface area contributed by atoms with Gasteiger partial charge in [-0.1, -0.05) is 50.2 Å². The molecule has 8 heteroatoms. The van der Waals surface area contributed by atoms with Crippen LogP contribution in [0.1, 0.15) is 69.1 Å². The fraction of sp³-hybridized carbons (Fsp3) is 0.565. The van der Waals surface area contributed by atoms with Gasteiger partial charge in [0.25, 0.3) is 11.5 Å². The number of thiocarbonyl (C=S) groups is 1. The standard InChI is InChI=1S/C23H30N4O2S2/c1-4-6-13-27-20(25-11-9-7-8-10-12-25)17(16(3)18(15-24)21(27)28)14-19-22(29)26(5-2)23(30)31-19/h14H,4-13H2,1-3H3. The molecule has 0 unspecified atom stereocenters. The average Bonchev–Trinajstić information content (AvgIpc) is 2.92. The Morgan fingerprint density at radius 3 is 2.39 bits per heavy atom. The average molecular weight is 459 g/mol. The summed E-state index contributed by atoms with van der Waals surface area (Å²) in [6.07, 6.45) is 8.15. The van der Waals surface area contributed by atoms with Crippen LogP contribution in [0.5, 0.6) is 0 Å². The first-order valence-electron chi connectivity index (χ1n) is 11.1. The Bertz CT molecular complexity index is 998. The number of nitriles is 1. The second kappa shape index (κ2) is 10.5. The number of anilines is 1.